The Morgan fingerprint density at radius 3 is 2.83 bits per heavy atom. The smallest absolute Gasteiger partial charge is 0.311 e. The third-order valence-corrected chi connectivity index (χ3v) is 3.07. The van der Waals surface area contributed by atoms with E-state index >= 15 is 0 Å². The summed E-state index contributed by atoms with van der Waals surface area (Å²) in [6.45, 7) is 1.17. The molecule has 1 heterocycles. The lowest BCUT2D eigenvalue weighted by molar-refractivity contribution is -0.135. The van der Waals surface area contributed by atoms with Crippen molar-refractivity contribution in [3.05, 3.63) is 42.2 Å². The Kier molecular flexibility index (Phi) is 5.76. The molecule has 0 aliphatic carbocycles. The number of aromatic nitrogens is 2. The molecule has 0 unspecified atom stereocenters. The number of anilines is 1. The molecule has 2 aromatic rings. The summed E-state index contributed by atoms with van der Waals surface area (Å²) in [5.41, 5.74) is 1.71. The molecule has 1 aromatic carbocycles. The highest BCUT2D eigenvalue weighted by atomic mass is 16.5. The van der Waals surface area contributed by atoms with Crippen molar-refractivity contribution in [2.75, 3.05) is 25.6 Å². The van der Waals surface area contributed by atoms with Crippen LogP contribution in [0.3, 0.4) is 0 Å². The molecule has 0 saturated heterocycles. The number of benzene rings is 1. The molecule has 120 valence electrons. The van der Waals surface area contributed by atoms with E-state index in [0.717, 1.165) is 5.56 Å². The van der Waals surface area contributed by atoms with Gasteiger partial charge in [0.15, 0.2) is 5.78 Å². The Bertz CT molecular complexity index is 703. The average molecular weight is 315 g/mol. The number of nitrogens with zero attached hydrogens (tertiary/aromatic N) is 2. The number of ether oxygens (including phenoxy) is 1. The first kappa shape index (κ1) is 16.6. The van der Waals surface area contributed by atoms with E-state index in [1.807, 2.05) is 0 Å². The van der Waals surface area contributed by atoms with Gasteiger partial charge >= 0.3 is 5.97 Å². The minimum atomic E-state index is -1.15. The van der Waals surface area contributed by atoms with Gasteiger partial charge in [-0.15, -0.1) is 0 Å². The van der Waals surface area contributed by atoms with Crippen molar-refractivity contribution < 1.29 is 19.4 Å². The second-order valence-electron chi connectivity index (χ2n) is 4.78. The van der Waals surface area contributed by atoms with E-state index < -0.39 is 18.2 Å². The van der Waals surface area contributed by atoms with Crippen LogP contribution in [-0.2, 0) is 9.53 Å². The van der Waals surface area contributed by atoms with Crippen molar-refractivity contribution in [3.8, 4) is 11.3 Å². The number of carbonyl (C=O) groups excluding carboxylic acids is 1. The monoisotopic (exact) mass is 315 g/mol. The molecule has 0 bridgehead atoms. The third kappa shape index (κ3) is 4.86. The number of aliphatic carboxylic acids is 1. The summed E-state index contributed by atoms with van der Waals surface area (Å²) < 4.78 is 4.96. The molecule has 23 heavy (non-hydrogen) atoms. The van der Waals surface area contributed by atoms with E-state index in [0.29, 0.717) is 30.2 Å². The number of hydrogen-bond donors (Lipinski definition) is 2. The Labute approximate surface area is 133 Å². The van der Waals surface area contributed by atoms with Crippen LogP contribution < -0.4 is 5.32 Å². The Morgan fingerprint density at radius 1 is 1.26 bits per heavy atom. The fraction of sp³-hybridized carbons (Fsp3) is 0.250. The number of carbonyl (C=O) groups is 2. The van der Waals surface area contributed by atoms with E-state index in [1.54, 1.807) is 37.4 Å². The summed E-state index contributed by atoms with van der Waals surface area (Å²) in [5.74, 6) is -0.937. The number of Topliss-reactive ketones (excluding diaryl/α,β-unsaturated/α-hetero) is 1. The van der Waals surface area contributed by atoms with Crippen LogP contribution >= 0.6 is 0 Å². The SMILES string of the molecule is COCCNc1cc(-c2cccc(C(=O)CC(=O)O)c2)ncn1. The zero-order valence-electron chi connectivity index (χ0n) is 12.7. The molecule has 0 saturated carbocycles. The number of carboxylic acids is 1. The van der Waals surface area contributed by atoms with Gasteiger partial charge < -0.3 is 15.2 Å². The highest BCUT2D eigenvalue weighted by Crippen LogP contribution is 2.20. The molecular weight excluding hydrogens is 298 g/mol. The molecule has 1 aromatic heterocycles. The van der Waals surface area contributed by atoms with Gasteiger partial charge in [-0.1, -0.05) is 18.2 Å². The second kappa shape index (κ2) is 8.00. The standard InChI is InChI=1S/C16H17N3O4/c1-23-6-5-17-15-8-13(18-10-19-15)11-3-2-4-12(7-11)14(20)9-16(21)22/h2-4,7-8,10H,5-6,9H2,1H3,(H,21,22)(H,17,18,19). The molecule has 7 heteroatoms. The van der Waals surface area contributed by atoms with Crippen LogP contribution in [0.2, 0.25) is 0 Å². The van der Waals surface area contributed by atoms with Crippen LogP contribution in [0.4, 0.5) is 5.82 Å². The van der Waals surface area contributed by atoms with Gasteiger partial charge in [-0.05, 0) is 6.07 Å². The maximum Gasteiger partial charge on any atom is 0.311 e. The minimum Gasteiger partial charge on any atom is -0.481 e. The summed E-state index contributed by atoms with van der Waals surface area (Å²) in [6, 6.07) is 8.49. The first-order valence-corrected chi connectivity index (χ1v) is 7.00. The minimum absolute atomic E-state index is 0.345. The lowest BCUT2D eigenvalue weighted by Crippen LogP contribution is -2.09. The summed E-state index contributed by atoms with van der Waals surface area (Å²) >= 11 is 0. The van der Waals surface area contributed by atoms with Crippen LogP contribution in [0, 0.1) is 0 Å². The predicted molar refractivity (Wildman–Crippen MR) is 84.4 cm³/mol. The molecular formula is C16H17N3O4. The van der Waals surface area contributed by atoms with Crippen LogP contribution in [0.25, 0.3) is 11.3 Å². The van der Waals surface area contributed by atoms with Gasteiger partial charge in [0.25, 0.3) is 0 Å². The number of hydrogen-bond acceptors (Lipinski definition) is 6. The van der Waals surface area contributed by atoms with Crippen LogP contribution in [0.5, 0.6) is 0 Å². The number of rotatable bonds is 8. The highest BCUT2D eigenvalue weighted by molar-refractivity contribution is 6.06. The molecule has 7 nitrogen and oxygen atoms in total. The van der Waals surface area contributed by atoms with Crippen molar-refractivity contribution in [1.82, 2.24) is 9.97 Å². The van der Waals surface area contributed by atoms with Crippen molar-refractivity contribution in [2.24, 2.45) is 0 Å². The molecule has 0 aliphatic heterocycles. The van der Waals surface area contributed by atoms with Gasteiger partial charge in [-0.25, -0.2) is 9.97 Å². The van der Waals surface area contributed by atoms with Gasteiger partial charge in [-0.2, -0.15) is 0 Å². The third-order valence-electron chi connectivity index (χ3n) is 3.07. The quantitative estimate of drug-likeness (QED) is 0.435. The van der Waals surface area contributed by atoms with Crippen molar-refractivity contribution in [1.29, 1.82) is 0 Å². The van der Waals surface area contributed by atoms with Crippen LogP contribution in [0.15, 0.2) is 36.7 Å². The number of carboxylic acid groups (broad SMARTS) is 1. The lowest BCUT2D eigenvalue weighted by Gasteiger charge is -2.07. The molecule has 0 aliphatic rings. The number of nitrogens with one attached hydrogen (secondary N) is 1. The van der Waals surface area contributed by atoms with E-state index in [1.165, 1.54) is 6.33 Å². The maximum atomic E-state index is 11.8. The Balaban J connectivity index is 2.20. The fourth-order valence-electron chi connectivity index (χ4n) is 1.98. The zero-order valence-corrected chi connectivity index (χ0v) is 12.7. The predicted octanol–water partition coefficient (Wildman–Crippen LogP) is 1.86. The van der Waals surface area contributed by atoms with E-state index in [2.05, 4.69) is 15.3 Å². The molecule has 0 radical (unpaired) electrons. The van der Waals surface area contributed by atoms with Crippen molar-refractivity contribution >= 4 is 17.6 Å². The summed E-state index contributed by atoms with van der Waals surface area (Å²) in [4.78, 5) is 30.8. The lowest BCUT2D eigenvalue weighted by atomic mass is 10.0. The molecule has 2 N–H and O–H groups in total. The van der Waals surface area contributed by atoms with Gasteiger partial charge in [0.1, 0.15) is 18.6 Å². The first-order valence-electron chi connectivity index (χ1n) is 7.00. The van der Waals surface area contributed by atoms with E-state index in [9.17, 15) is 9.59 Å². The molecule has 0 amide bonds. The maximum absolute atomic E-state index is 11.8. The molecule has 2 rings (SSSR count). The first-order chi connectivity index (χ1) is 11.1. The summed E-state index contributed by atoms with van der Waals surface area (Å²) in [5, 5.41) is 11.8. The van der Waals surface area contributed by atoms with E-state index in [4.69, 9.17) is 9.84 Å². The van der Waals surface area contributed by atoms with Crippen molar-refractivity contribution in [3.63, 3.8) is 0 Å². The molecule has 0 atom stereocenters. The van der Waals surface area contributed by atoms with Gasteiger partial charge in [-0.3, -0.25) is 9.59 Å². The topological polar surface area (TPSA) is 101 Å². The zero-order chi connectivity index (χ0) is 16.7. The molecule has 0 spiro atoms. The Morgan fingerprint density at radius 2 is 2.09 bits per heavy atom. The fourth-order valence-corrected chi connectivity index (χ4v) is 1.98. The van der Waals surface area contributed by atoms with Crippen LogP contribution in [-0.4, -0.2) is 47.1 Å². The number of ketones is 1. The van der Waals surface area contributed by atoms with E-state index in [-0.39, 0.29) is 0 Å². The van der Waals surface area contributed by atoms with Gasteiger partial charge in [0.05, 0.1) is 12.3 Å². The molecule has 0 fully saturated rings. The van der Waals surface area contributed by atoms with Gasteiger partial charge in [0, 0.05) is 30.8 Å². The second-order valence-corrected chi connectivity index (χ2v) is 4.78. The highest BCUT2D eigenvalue weighted by Gasteiger charge is 2.12. The summed E-state index contributed by atoms with van der Waals surface area (Å²) in [6.07, 6.45) is 0.896. The summed E-state index contributed by atoms with van der Waals surface area (Å²) in [7, 11) is 1.62. The van der Waals surface area contributed by atoms with Crippen molar-refractivity contribution in [2.45, 2.75) is 6.42 Å². The number of methoxy groups -OCH3 is 1. The Hall–Kier alpha value is -2.80. The normalized spacial score (nSPS) is 10.3. The van der Waals surface area contributed by atoms with Crippen LogP contribution in [0.1, 0.15) is 16.8 Å². The largest absolute Gasteiger partial charge is 0.481 e. The average Bonchev–Trinajstić information content (AvgIpc) is 2.55. The van der Waals surface area contributed by atoms with Gasteiger partial charge in [0.2, 0.25) is 0 Å².